The maximum absolute atomic E-state index is 5.35. The smallest absolute Gasteiger partial charge is 0.0307 e. The zero-order valence-electron chi connectivity index (χ0n) is 5.09. The van der Waals surface area contributed by atoms with Crippen LogP contribution in [0.25, 0.3) is 0 Å². The van der Waals surface area contributed by atoms with Crippen LogP contribution in [0.1, 0.15) is 6.92 Å². The Kier molecular flexibility index (Phi) is 3.67. The molecule has 0 aromatic carbocycles. The number of hydrogen-bond donors (Lipinski definition) is 1. The first-order valence-corrected chi connectivity index (χ1v) is 2.52. The average molecular weight is 109 g/mol. The Bertz CT molecular complexity index is 120. The summed E-state index contributed by atoms with van der Waals surface area (Å²) in [6.07, 6.45) is 7.19. The molecule has 0 bridgehead atoms. The fraction of sp³-hybridized carbons (Fsp3) is 0.143. The summed E-state index contributed by atoms with van der Waals surface area (Å²) in [5.41, 5.74) is 6.05. The van der Waals surface area contributed by atoms with Gasteiger partial charge in [-0.2, -0.15) is 0 Å². The molecule has 0 aromatic heterocycles. The van der Waals surface area contributed by atoms with Crippen LogP contribution in [0.5, 0.6) is 0 Å². The summed E-state index contributed by atoms with van der Waals surface area (Å²) >= 11 is 0. The zero-order valence-corrected chi connectivity index (χ0v) is 5.09. The number of nitrogens with two attached hydrogens (primary N) is 1. The Morgan fingerprint density at radius 1 is 1.62 bits per heavy atom. The molecule has 1 nitrogen and oxygen atoms in total. The van der Waals surface area contributed by atoms with Crippen molar-refractivity contribution >= 4 is 0 Å². The van der Waals surface area contributed by atoms with Gasteiger partial charge in [0.05, 0.1) is 0 Å². The van der Waals surface area contributed by atoms with Gasteiger partial charge in [0.2, 0.25) is 0 Å². The predicted octanol–water partition coefficient (Wildman–Crippen LogP) is 1.59. The molecule has 0 atom stereocenters. The molecule has 1 heteroatoms. The lowest BCUT2D eigenvalue weighted by atomic mass is 10.4. The standard InChI is InChI=1S/C7H11N/c1-3-5-6-7(8)4-2/h3-6H,2,8H2,1H3/b5-3-,7-6+. The Morgan fingerprint density at radius 2 is 2.25 bits per heavy atom. The van der Waals surface area contributed by atoms with E-state index < -0.39 is 0 Å². The molecule has 0 heterocycles. The van der Waals surface area contributed by atoms with Gasteiger partial charge in [0.1, 0.15) is 0 Å². The molecule has 0 spiro atoms. The van der Waals surface area contributed by atoms with Crippen molar-refractivity contribution in [3.05, 3.63) is 36.6 Å². The maximum atomic E-state index is 5.35. The van der Waals surface area contributed by atoms with E-state index in [9.17, 15) is 0 Å². The van der Waals surface area contributed by atoms with Crippen LogP contribution in [0.3, 0.4) is 0 Å². The van der Waals surface area contributed by atoms with Crippen LogP contribution in [0.4, 0.5) is 0 Å². The fourth-order valence-corrected chi connectivity index (χ4v) is 0.275. The van der Waals surface area contributed by atoms with E-state index in [1.54, 1.807) is 12.2 Å². The van der Waals surface area contributed by atoms with Gasteiger partial charge >= 0.3 is 0 Å². The van der Waals surface area contributed by atoms with E-state index in [0.717, 1.165) is 0 Å². The third-order valence-electron chi connectivity index (χ3n) is 0.717. The van der Waals surface area contributed by atoms with Crippen molar-refractivity contribution in [1.29, 1.82) is 0 Å². The zero-order chi connectivity index (χ0) is 6.41. The number of hydrogen-bond acceptors (Lipinski definition) is 1. The van der Waals surface area contributed by atoms with Crippen molar-refractivity contribution in [2.24, 2.45) is 5.73 Å². The van der Waals surface area contributed by atoms with E-state index >= 15 is 0 Å². The number of rotatable bonds is 2. The molecule has 0 aliphatic heterocycles. The summed E-state index contributed by atoms with van der Waals surface area (Å²) < 4.78 is 0. The molecule has 2 N–H and O–H groups in total. The van der Waals surface area contributed by atoms with Gasteiger partial charge in [0, 0.05) is 5.70 Å². The molecular weight excluding hydrogens is 98.1 g/mol. The van der Waals surface area contributed by atoms with Crippen molar-refractivity contribution in [1.82, 2.24) is 0 Å². The lowest BCUT2D eigenvalue weighted by Crippen LogP contribution is -1.89. The molecule has 8 heavy (non-hydrogen) atoms. The second-order valence-electron chi connectivity index (χ2n) is 1.40. The molecule has 0 rings (SSSR count). The molecular formula is C7H11N. The Morgan fingerprint density at radius 3 is 2.62 bits per heavy atom. The first kappa shape index (κ1) is 7.02. The minimum absolute atomic E-state index is 0.697. The van der Waals surface area contributed by atoms with Crippen molar-refractivity contribution in [2.75, 3.05) is 0 Å². The highest BCUT2D eigenvalue weighted by atomic mass is 14.5. The van der Waals surface area contributed by atoms with Crippen molar-refractivity contribution in [3.8, 4) is 0 Å². The minimum Gasteiger partial charge on any atom is -0.399 e. The Hall–Kier alpha value is -0.980. The molecule has 0 aliphatic carbocycles. The highest BCUT2D eigenvalue weighted by molar-refractivity contribution is 5.17. The van der Waals surface area contributed by atoms with Crippen LogP contribution >= 0.6 is 0 Å². The van der Waals surface area contributed by atoms with E-state index in [0.29, 0.717) is 5.70 Å². The molecule has 0 radical (unpaired) electrons. The molecule has 0 aliphatic rings. The summed E-state index contributed by atoms with van der Waals surface area (Å²) in [6.45, 7) is 5.42. The van der Waals surface area contributed by atoms with Crippen molar-refractivity contribution < 1.29 is 0 Å². The highest BCUT2D eigenvalue weighted by Crippen LogP contribution is 1.83. The monoisotopic (exact) mass is 109 g/mol. The summed E-state index contributed by atoms with van der Waals surface area (Å²) in [7, 11) is 0. The van der Waals surface area contributed by atoms with Crippen LogP contribution in [0.2, 0.25) is 0 Å². The Balaban J connectivity index is 3.74. The lowest BCUT2D eigenvalue weighted by molar-refractivity contribution is 1.43. The summed E-state index contributed by atoms with van der Waals surface area (Å²) in [5, 5.41) is 0. The molecule has 0 aromatic rings. The second-order valence-corrected chi connectivity index (χ2v) is 1.40. The van der Waals surface area contributed by atoms with Crippen LogP contribution in [-0.4, -0.2) is 0 Å². The Labute approximate surface area is 50.2 Å². The molecule has 0 fully saturated rings. The minimum atomic E-state index is 0.697. The van der Waals surface area contributed by atoms with Gasteiger partial charge in [-0.3, -0.25) is 0 Å². The maximum Gasteiger partial charge on any atom is 0.0307 e. The third-order valence-corrected chi connectivity index (χ3v) is 0.717. The summed E-state index contributed by atoms with van der Waals surface area (Å²) in [4.78, 5) is 0. The summed E-state index contributed by atoms with van der Waals surface area (Å²) in [5.74, 6) is 0. The normalized spacial score (nSPS) is 12.4. The van der Waals surface area contributed by atoms with E-state index in [1.165, 1.54) is 0 Å². The van der Waals surface area contributed by atoms with Crippen LogP contribution in [0, 0.1) is 0 Å². The first-order valence-electron chi connectivity index (χ1n) is 2.52. The van der Waals surface area contributed by atoms with Crippen LogP contribution in [0.15, 0.2) is 36.6 Å². The van der Waals surface area contributed by atoms with E-state index in [4.69, 9.17) is 5.73 Å². The lowest BCUT2D eigenvalue weighted by Gasteiger charge is -1.82. The van der Waals surface area contributed by atoms with Gasteiger partial charge in [-0.1, -0.05) is 18.7 Å². The van der Waals surface area contributed by atoms with Gasteiger partial charge in [0.15, 0.2) is 0 Å². The van der Waals surface area contributed by atoms with E-state index in [2.05, 4.69) is 6.58 Å². The predicted molar refractivity (Wildman–Crippen MR) is 37.3 cm³/mol. The van der Waals surface area contributed by atoms with Gasteiger partial charge in [0.25, 0.3) is 0 Å². The molecule has 0 saturated carbocycles. The molecule has 0 unspecified atom stereocenters. The average Bonchev–Trinajstić information content (AvgIpc) is 1.83. The quantitative estimate of drug-likeness (QED) is 0.535. The third kappa shape index (κ3) is 3.22. The van der Waals surface area contributed by atoms with Crippen LogP contribution in [-0.2, 0) is 0 Å². The van der Waals surface area contributed by atoms with E-state index in [-0.39, 0.29) is 0 Å². The van der Waals surface area contributed by atoms with Gasteiger partial charge in [-0.15, -0.1) is 0 Å². The molecule has 0 amide bonds. The largest absolute Gasteiger partial charge is 0.399 e. The highest BCUT2D eigenvalue weighted by Gasteiger charge is 1.70. The van der Waals surface area contributed by atoms with Gasteiger partial charge in [-0.25, -0.2) is 0 Å². The van der Waals surface area contributed by atoms with Crippen molar-refractivity contribution in [2.45, 2.75) is 6.92 Å². The van der Waals surface area contributed by atoms with E-state index in [1.807, 2.05) is 19.1 Å². The second kappa shape index (κ2) is 4.19. The van der Waals surface area contributed by atoms with Crippen molar-refractivity contribution in [3.63, 3.8) is 0 Å². The first-order chi connectivity index (χ1) is 3.81. The number of allylic oxidation sites excluding steroid dienone is 4. The summed E-state index contributed by atoms with van der Waals surface area (Å²) in [6, 6.07) is 0. The topological polar surface area (TPSA) is 26.0 Å². The van der Waals surface area contributed by atoms with Crippen LogP contribution < -0.4 is 5.73 Å². The molecule has 0 saturated heterocycles. The molecule has 44 valence electrons. The SMILES string of the molecule is C=C/C(N)=C\C=C/C. The van der Waals surface area contributed by atoms with Gasteiger partial charge < -0.3 is 5.73 Å². The van der Waals surface area contributed by atoms with Gasteiger partial charge in [-0.05, 0) is 19.1 Å². The fourth-order valence-electron chi connectivity index (χ4n) is 0.275.